The summed E-state index contributed by atoms with van der Waals surface area (Å²) in [6, 6.07) is 28.3. The Kier molecular flexibility index (Phi) is 14.6. The van der Waals surface area contributed by atoms with Crippen LogP contribution in [0.25, 0.3) is 21.8 Å². The number of nitrogens with zero attached hydrogens (tertiary/aromatic N) is 8. The second-order valence-electron chi connectivity index (χ2n) is 18.3. The lowest BCUT2D eigenvalue weighted by molar-refractivity contribution is 0.255. The smallest absolute Gasteiger partial charge is 0.269 e. The molecule has 0 spiro atoms. The Labute approximate surface area is 386 Å². The van der Waals surface area contributed by atoms with E-state index in [9.17, 15) is 14.9 Å². The molecule has 2 aromatic carbocycles. The van der Waals surface area contributed by atoms with E-state index in [0.29, 0.717) is 16.9 Å². The summed E-state index contributed by atoms with van der Waals surface area (Å²) in [5.41, 5.74) is 11.9. The number of nitrogens with one attached hydrogen (secondary N) is 1. The maximum Gasteiger partial charge on any atom is 0.269 e. The minimum absolute atomic E-state index is 0.155. The lowest BCUT2D eigenvalue weighted by Gasteiger charge is -2.29. The molecule has 6 heterocycles. The van der Waals surface area contributed by atoms with Crippen LogP contribution in [0.3, 0.4) is 0 Å². The molecule has 0 amide bonds. The summed E-state index contributed by atoms with van der Waals surface area (Å²) in [4.78, 5) is 38.7. The van der Waals surface area contributed by atoms with Gasteiger partial charge in [-0.15, -0.1) is 0 Å². The number of likely N-dealkylation sites (tertiary alicyclic amines) is 2. The van der Waals surface area contributed by atoms with E-state index in [0.717, 1.165) is 104 Å². The fraction of sp³-hybridized carbons (Fsp3) is 0.423. The first-order chi connectivity index (χ1) is 31.6. The highest BCUT2D eigenvalue weighted by atomic mass is 35.5. The predicted molar refractivity (Wildman–Crippen MR) is 261 cm³/mol. The van der Waals surface area contributed by atoms with Gasteiger partial charge >= 0.3 is 0 Å². The number of benzene rings is 2. The van der Waals surface area contributed by atoms with Crippen molar-refractivity contribution in [2.45, 2.75) is 101 Å². The summed E-state index contributed by atoms with van der Waals surface area (Å²) in [6.45, 7) is 4.74. The molecule has 6 aromatic rings. The molecule has 4 fully saturated rings. The molecule has 0 bridgehead atoms. The summed E-state index contributed by atoms with van der Waals surface area (Å²) in [7, 11) is 4.38. The number of piperidine rings is 2. The van der Waals surface area contributed by atoms with E-state index in [4.69, 9.17) is 22.6 Å². The van der Waals surface area contributed by atoms with Crippen molar-refractivity contribution in [2.24, 2.45) is 0 Å². The molecule has 0 atom stereocenters. The molecule has 2 saturated heterocycles. The fourth-order valence-electron chi connectivity index (χ4n) is 10.2. The second kappa shape index (κ2) is 20.8. The lowest BCUT2D eigenvalue weighted by Crippen LogP contribution is -2.29. The van der Waals surface area contributed by atoms with Crippen LogP contribution in [0, 0.1) is 22.7 Å². The molecular weight excluding hydrogens is 832 g/mol. The Hall–Kier alpha value is -6.05. The Bertz CT molecular complexity index is 2800. The number of aromatic nitrogens is 4. The van der Waals surface area contributed by atoms with Crippen LogP contribution in [0.15, 0.2) is 94.8 Å². The van der Waals surface area contributed by atoms with Gasteiger partial charge in [0.1, 0.15) is 34.2 Å². The van der Waals surface area contributed by atoms with Gasteiger partial charge in [-0.05, 0) is 157 Å². The topological polar surface area (TPSA) is 162 Å². The SMILES string of the molecule is CN1CCC(c2ccc(N)cc2)CC1.CN1CCC(c2ccc(Nc3cc4c(cn3)cc(C#N)c(=O)n4C3CCCC3)cc2)CC1.N#Cc1cc2cnc(Cl)cc2n(C2CCCC2)c1=O. The fourth-order valence-corrected chi connectivity index (χ4v) is 10.3. The van der Waals surface area contributed by atoms with Crippen LogP contribution in [0.5, 0.6) is 0 Å². The van der Waals surface area contributed by atoms with Crippen molar-refractivity contribution in [1.82, 2.24) is 28.9 Å². The van der Waals surface area contributed by atoms with Crippen LogP contribution in [0.4, 0.5) is 17.2 Å². The molecule has 3 N–H and O–H groups in total. The van der Waals surface area contributed by atoms with Gasteiger partial charge in [0.25, 0.3) is 11.1 Å². The van der Waals surface area contributed by atoms with E-state index in [-0.39, 0.29) is 34.3 Å². The molecule has 2 saturated carbocycles. The van der Waals surface area contributed by atoms with E-state index in [2.05, 4.69) is 81.6 Å². The van der Waals surface area contributed by atoms with Gasteiger partial charge in [-0.3, -0.25) is 9.59 Å². The highest BCUT2D eigenvalue weighted by Gasteiger charge is 2.24. The summed E-state index contributed by atoms with van der Waals surface area (Å²) >= 11 is 5.93. The molecule has 12 nitrogen and oxygen atoms in total. The first kappa shape index (κ1) is 45.5. The van der Waals surface area contributed by atoms with E-state index >= 15 is 0 Å². The Morgan fingerprint density at radius 1 is 0.615 bits per heavy atom. The minimum Gasteiger partial charge on any atom is -0.399 e. The van der Waals surface area contributed by atoms with Crippen LogP contribution >= 0.6 is 11.6 Å². The zero-order valence-electron chi connectivity index (χ0n) is 37.6. The largest absolute Gasteiger partial charge is 0.399 e. The van der Waals surface area contributed by atoms with Crippen LogP contribution in [0.1, 0.15) is 123 Å². The molecule has 0 radical (unpaired) electrons. The number of halogens is 1. The van der Waals surface area contributed by atoms with Crippen LogP contribution in [-0.4, -0.2) is 69.2 Å². The van der Waals surface area contributed by atoms with E-state index in [1.165, 1.54) is 49.9 Å². The summed E-state index contributed by atoms with van der Waals surface area (Å²) in [6.07, 6.45) is 16.7. The van der Waals surface area contributed by atoms with Crippen molar-refractivity contribution < 1.29 is 0 Å². The number of hydrogen-bond acceptors (Lipinski definition) is 10. The highest BCUT2D eigenvalue weighted by molar-refractivity contribution is 6.30. The van der Waals surface area contributed by atoms with Crippen molar-refractivity contribution in [3.63, 3.8) is 0 Å². The Morgan fingerprint density at radius 3 is 1.51 bits per heavy atom. The van der Waals surface area contributed by atoms with Crippen LogP contribution in [-0.2, 0) is 0 Å². The molecule has 10 rings (SSSR count). The van der Waals surface area contributed by atoms with E-state index in [1.54, 1.807) is 35.2 Å². The van der Waals surface area contributed by atoms with Crippen LogP contribution in [0.2, 0.25) is 5.15 Å². The molecule has 65 heavy (non-hydrogen) atoms. The van der Waals surface area contributed by atoms with Crippen molar-refractivity contribution in [2.75, 3.05) is 51.3 Å². The van der Waals surface area contributed by atoms with Crippen molar-refractivity contribution in [1.29, 1.82) is 10.5 Å². The Balaban J connectivity index is 0.000000147. The maximum atomic E-state index is 13.0. The number of hydrogen-bond donors (Lipinski definition) is 2. The first-order valence-corrected chi connectivity index (χ1v) is 23.6. The molecule has 0 unspecified atom stereocenters. The van der Waals surface area contributed by atoms with E-state index in [1.807, 2.05) is 28.8 Å². The number of fused-ring (bicyclic) bond motifs is 2. The number of nitrogen functional groups attached to an aromatic ring is 1. The zero-order chi connectivity index (χ0) is 45.5. The Morgan fingerprint density at radius 2 is 1.05 bits per heavy atom. The summed E-state index contributed by atoms with van der Waals surface area (Å²) in [5, 5.41) is 23.9. The predicted octanol–water partition coefficient (Wildman–Crippen LogP) is 10.1. The summed E-state index contributed by atoms with van der Waals surface area (Å²) < 4.78 is 3.56. The minimum atomic E-state index is -0.218. The second-order valence-corrected chi connectivity index (χ2v) is 18.7. The lowest BCUT2D eigenvalue weighted by atomic mass is 9.89. The quantitative estimate of drug-likeness (QED) is 0.122. The molecule has 4 aromatic heterocycles. The monoisotopic (exact) mass is 890 g/mol. The molecule has 336 valence electrons. The van der Waals surface area contributed by atoms with E-state index < -0.39 is 0 Å². The normalized spacial score (nSPS) is 17.8. The van der Waals surface area contributed by atoms with Gasteiger partial charge in [0.15, 0.2) is 0 Å². The summed E-state index contributed by atoms with van der Waals surface area (Å²) in [5.74, 6) is 2.08. The number of nitrogens with two attached hydrogens (primary N) is 1. The third-order valence-electron chi connectivity index (χ3n) is 13.9. The average molecular weight is 892 g/mol. The van der Waals surface area contributed by atoms with Gasteiger partial charge in [-0.1, -0.05) is 61.5 Å². The number of rotatable bonds is 6. The molecule has 2 aliphatic heterocycles. The molecule has 13 heteroatoms. The van der Waals surface area contributed by atoms with Gasteiger partial charge < -0.3 is 30.0 Å². The van der Waals surface area contributed by atoms with Crippen molar-refractivity contribution in [3.05, 3.63) is 133 Å². The number of nitriles is 2. The van der Waals surface area contributed by atoms with Gasteiger partial charge in [-0.25, -0.2) is 9.97 Å². The number of anilines is 3. The molecule has 4 aliphatic rings. The van der Waals surface area contributed by atoms with Gasteiger partial charge in [-0.2, -0.15) is 10.5 Å². The van der Waals surface area contributed by atoms with Gasteiger partial charge in [0, 0.05) is 52.7 Å². The molecular formula is C52H59ClN10O2. The maximum absolute atomic E-state index is 13.0. The standard InChI is InChI=1S/C26H29N5O.C14H12ClN3O.C12H18N2/c1-30-12-10-19(11-13-30)18-6-8-22(9-7-18)29-25-15-24-21(17-28-25)14-20(16-27)26(32)31(24)23-4-2-3-5-23;15-13-6-12-10(8-17-13)5-9(7-16)14(19)18(12)11-3-1-2-4-11;1-14-8-6-11(7-9-14)10-2-4-12(13)5-3-10/h6-9,14-15,17,19,23H,2-5,10-13H2,1H3,(H,28,29);5-6,8,11H,1-4H2;2-5,11H,6-9,13H2,1H3. The third kappa shape index (κ3) is 10.7. The van der Waals surface area contributed by atoms with Gasteiger partial charge in [0.2, 0.25) is 0 Å². The molecule has 2 aliphatic carbocycles. The first-order valence-electron chi connectivity index (χ1n) is 23.2. The van der Waals surface area contributed by atoms with Crippen molar-refractivity contribution in [3.8, 4) is 12.1 Å². The average Bonchev–Trinajstić information content (AvgIpc) is 4.07. The van der Waals surface area contributed by atoms with Crippen LogP contribution < -0.4 is 22.2 Å². The zero-order valence-corrected chi connectivity index (χ0v) is 38.3. The van der Waals surface area contributed by atoms with Crippen molar-refractivity contribution >= 4 is 50.6 Å². The number of pyridine rings is 4. The third-order valence-corrected chi connectivity index (χ3v) is 14.1. The highest BCUT2D eigenvalue weighted by Crippen LogP contribution is 2.34. The van der Waals surface area contributed by atoms with Gasteiger partial charge in [0.05, 0.1) is 11.0 Å².